The van der Waals surface area contributed by atoms with Crippen LogP contribution in [0.25, 0.3) is 0 Å². The molecule has 18 heavy (non-hydrogen) atoms. The maximum absolute atomic E-state index is 12.0. The monoisotopic (exact) mass is 350 g/mol. The van der Waals surface area contributed by atoms with E-state index in [1.54, 1.807) is 0 Å². The number of nitrogens with one attached hydrogen (secondary N) is 2. The molecule has 0 saturated carbocycles. The van der Waals surface area contributed by atoms with Crippen LogP contribution in [0.15, 0.2) is 34.2 Å². The number of hydrogen-bond acceptors (Lipinski definition) is 4. The van der Waals surface area contributed by atoms with E-state index in [0.717, 1.165) is 0 Å². The van der Waals surface area contributed by atoms with Crippen molar-refractivity contribution >= 4 is 37.6 Å². The van der Waals surface area contributed by atoms with Crippen LogP contribution in [0.2, 0.25) is 5.15 Å². The van der Waals surface area contributed by atoms with Gasteiger partial charge in [0.1, 0.15) is 10.0 Å². The van der Waals surface area contributed by atoms with Gasteiger partial charge in [-0.15, -0.1) is 0 Å². The molecular weight excluding hydrogens is 344 g/mol. The Balaban J connectivity index is 2.22. The maximum Gasteiger partial charge on any atom is 0.244 e. The van der Waals surface area contributed by atoms with E-state index in [9.17, 15) is 8.42 Å². The Kier molecular flexibility index (Phi) is 4.00. The van der Waals surface area contributed by atoms with Gasteiger partial charge in [-0.1, -0.05) is 11.6 Å². The van der Waals surface area contributed by atoms with E-state index in [1.165, 1.54) is 24.8 Å². The van der Waals surface area contributed by atoms with E-state index in [1.807, 2.05) is 0 Å². The molecule has 2 aromatic rings. The zero-order chi connectivity index (χ0) is 13.2. The van der Waals surface area contributed by atoms with Gasteiger partial charge < -0.3 is 4.98 Å². The zero-order valence-electron chi connectivity index (χ0n) is 8.89. The second-order valence-electron chi connectivity index (χ2n) is 3.34. The largest absolute Gasteiger partial charge is 0.347 e. The lowest BCUT2D eigenvalue weighted by molar-refractivity contribution is 0.580. The van der Waals surface area contributed by atoms with Crippen molar-refractivity contribution in [3.8, 4) is 0 Å². The molecule has 0 aliphatic heterocycles. The predicted octanol–water partition coefficient (Wildman–Crippen LogP) is 1.70. The molecule has 0 bridgehead atoms. The highest BCUT2D eigenvalue weighted by atomic mass is 79.9. The lowest BCUT2D eigenvalue weighted by atomic mass is 10.5. The second-order valence-corrected chi connectivity index (χ2v) is 6.35. The van der Waals surface area contributed by atoms with Gasteiger partial charge in [-0.05, 0) is 22.0 Å². The van der Waals surface area contributed by atoms with E-state index >= 15 is 0 Å². The van der Waals surface area contributed by atoms with Gasteiger partial charge >= 0.3 is 0 Å². The molecule has 9 heteroatoms. The minimum atomic E-state index is -3.71. The number of rotatable bonds is 4. The van der Waals surface area contributed by atoms with Crippen molar-refractivity contribution in [1.29, 1.82) is 0 Å². The Bertz CT molecular complexity index is 645. The Morgan fingerprint density at radius 3 is 2.89 bits per heavy atom. The first-order chi connectivity index (χ1) is 8.49. The third-order valence-electron chi connectivity index (χ3n) is 2.07. The molecule has 2 aromatic heterocycles. The summed E-state index contributed by atoms with van der Waals surface area (Å²) in [4.78, 5) is 10.3. The highest BCUT2D eigenvalue weighted by Gasteiger charge is 2.19. The summed E-state index contributed by atoms with van der Waals surface area (Å²) in [5.41, 5.74) is 0.651. The number of pyridine rings is 1. The van der Waals surface area contributed by atoms with Crippen LogP contribution < -0.4 is 4.72 Å². The molecule has 0 aromatic carbocycles. The van der Waals surface area contributed by atoms with Crippen molar-refractivity contribution in [1.82, 2.24) is 19.7 Å². The van der Waals surface area contributed by atoms with Crippen molar-refractivity contribution in [3.63, 3.8) is 0 Å². The topological polar surface area (TPSA) is 87.7 Å². The number of H-pyrrole nitrogens is 1. The summed E-state index contributed by atoms with van der Waals surface area (Å²) in [5.74, 6) is 0. The van der Waals surface area contributed by atoms with Gasteiger partial charge in [0, 0.05) is 22.6 Å². The lowest BCUT2D eigenvalue weighted by Gasteiger charge is -2.07. The molecule has 2 rings (SSSR count). The summed E-state index contributed by atoms with van der Waals surface area (Å²) < 4.78 is 27.0. The molecule has 0 aliphatic carbocycles. The van der Waals surface area contributed by atoms with Crippen LogP contribution in [-0.4, -0.2) is 23.4 Å². The van der Waals surface area contributed by atoms with Crippen LogP contribution in [0.4, 0.5) is 0 Å². The second kappa shape index (κ2) is 5.35. The summed E-state index contributed by atoms with van der Waals surface area (Å²) in [7, 11) is -3.71. The van der Waals surface area contributed by atoms with Gasteiger partial charge in [-0.25, -0.2) is 23.1 Å². The molecule has 0 saturated heterocycles. The summed E-state index contributed by atoms with van der Waals surface area (Å²) in [5, 5.41) is -0.0738. The van der Waals surface area contributed by atoms with Crippen LogP contribution in [-0.2, 0) is 16.6 Å². The molecule has 2 N–H and O–H groups in total. The molecule has 0 fully saturated rings. The number of aromatic amines is 1. The molecule has 0 radical (unpaired) electrons. The first kappa shape index (κ1) is 13.5. The standard InChI is InChI=1S/C9H8BrClN4O2S/c10-6-1-8(9(11)13-2-6)18(16,17)15-4-7-3-12-5-14-7/h1-3,5,15H,4H2,(H,12,14). The molecule has 96 valence electrons. The molecular formula is C9H8BrClN4O2S. The van der Waals surface area contributed by atoms with Crippen LogP contribution in [0.1, 0.15) is 5.69 Å². The summed E-state index contributed by atoms with van der Waals surface area (Å²) in [6.07, 6.45) is 4.43. The fraction of sp³-hybridized carbons (Fsp3) is 0.111. The Morgan fingerprint density at radius 2 is 2.22 bits per heavy atom. The minimum Gasteiger partial charge on any atom is -0.347 e. The van der Waals surface area contributed by atoms with Gasteiger partial charge in [0.2, 0.25) is 10.0 Å². The number of hydrogen-bond donors (Lipinski definition) is 2. The molecule has 6 nitrogen and oxygen atoms in total. The van der Waals surface area contributed by atoms with Gasteiger partial charge in [0.25, 0.3) is 0 Å². The van der Waals surface area contributed by atoms with E-state index < -0.39 is 10.0 Å². The van der Waals surface area contributed by atoms with Gasteiger partial charge in [0.15, 0.2) is 0 Å². The number of imidazole rings is 1. The van der Waals surface area contributed by atoms with E-state index in [4.69, 9.17) is 11.6 Å². The minimum absolute atomic E-state index is 0.0712. The highest BCUT2D eigenvalue weighted by molar-refractivity contribution is 9.10. The number of aromatic nitrogens is 3. The third-order valence-corrected chi connectivity index (χ3v) is 4.33. The Morgan fingerprint density at radius 1 is 1.44 bits per heavy atom. The quantitative estimate of drug-likeness (QED) is 0.821. The van der Waals surface area contributed by atoms with E-state index in [0.29, 0.717) is 10.2 Å². The van der Waals surface area contributed by atoms with Crippen molar-refractivity contribution in [2.24, 2.45) is 0 Å². The number of nitrogens with zero attached hydrogens (tertiary/aromatic N) is 2. The molecule has 2 heterocycles. The molecule has 0 aliphatic rings. The van der Waals surface area contributed by atoms with Crippen molar-refractivity contribution in [2.75, 3.05) is 0 Å². The number of sulfonamides is 1. The van der Waals surface area contributed by atoms with Gasteiger partial charge in [-0.3, -0.25) is 0 Å². The first-order valence-corrected chi connectivity index (χ1v) is 7.42. The van der Waals surface area contributed by atoms with Crippen LogP contribution in [0, 0.1) is 0 Å². The third kappa shape index (κ3) is 3.08. The fourth-order valence-corrected chi connectivity index (χ4v) is 3.17. The summed E-state index contributed by atoms with van der Waals surface area (Å²) in [6, 6.07) is 1.39. The van der Waals surface area contributed by atoms with Crippen molar-refractivity contribution in [2.45, 2.75) is 11.4 Å². The van der Waals surface area contributed by atoms with Crippen molar-refractivity contribution in [3.05, 3.63) is 40.1 Å². The average molecular weight is 352 g/mol. The van der Waals surface area contributed by atoms with Crippen LogP contribution in [0.3, 0.4) is 0 Å². The highest BCUT2D eigenvalue weighted by Crippen LogP contribution is 2.22. The molecule has 0 unspecified atom stereocenters. The van der Waals surface area contributed by atoms with E-state index in [-0.39, 0.29) is 16.6 Å². The molecule has 0 amide bonds. The summed E-state index contributed by atoms with van der Waals surface area (Å²) in [6.45, 7) is 0.102. The smallest absolute Gasteiger partial charge is 0.244 e. The summed E-state index contributed by atoms with van der Waals surface area (Å²) >= 11 is 8.92. The first-order valence-electron chi connectivity index (χ1n) is 4.77. The molecule has 0 spiro atoms. The van der Waals surface area contributed by atoms with Gasteiger partial charge in [0.05, 0.1) is 12.9 Å². The molecule has 0 atom stereocenters. The Hall–Kier alpha value is -0.960. The van der Waals surface area contributed by atoms with E-state index in [2.05, 4.69) is 35.6 Å². The zero-order valence-corrected chi connectivity index (χ0v) is 12.1. The number of halogens is 2. The SMILES string of the molecule is O=S(=O)(NCc1cnc[nH]1)c1cc(Br)cnc1Cl. The predicted molar refractivity (Wildman–Crippen MR) is 69.6 cm³/mol. The average Bonchev–Trinajstić information content (AvgIpc) is 2.83. The Labute approximate surface area is 117 Å². The normalized spacial score (nSPS) is 11.7. The van der Waals surface area contributed by atoms with Crippen molar-refractivity contribution < 1.29 is 8.42 Å². The fourth-order valence-electron chi connectivity index (χ4n) is 1.22. The van der Waals surface area contributed by atoms with Crippen LogP contribution >= 0.6 is 27.5 Å². The van der Waals surface area contributed by atoms with Gasteiger partial charge in [-0.2, -0.15) is 0 Å². The lowest BCUT2D eigenvalue weighted by Crippen LogP contribution is -2.24. The van der Waals surface area contributed by atoms with Crippen LogP contribution in [0.5, 0.6) is 0 Å². The maximum atomic E-state index is 12.0.